The minimum absolute atomic E-state index is 0.00755. The van der Waals surface area contributed by atoms with Crippen LogP contribution in [0.1, 0.15) is 11.3 Å². The first-order valence-corrected chi connectivity index (χ1v) is 10.4. The zero-order valence-corrected chi connectivity index (χ0v) is 17.8. The van der Waals surface area contributed by atoms with Gasteiger partial charge < -0.3 is 19.7 Å². The third-order valence-corrected chi connectivity index (χ3v) is 4.92. The van der Waals surface area contributed by atoms with Gasteiger partial charge in [-0.25, -0.2) is 14.0 Å². The summed E-state index contributed by atoms with van der Waals surface area (Å²) < 4.78 is 23.3. The predicted octanol–water partition coefficient (Wildman–Crippen LogP) is 4.06. The van der Waals surface area contributed by atoms with Crippen LogP contribution in [-0.4, -0.2) is 53.8 Å². The van der Waals surface area contributed by atoms with E-state index in [2.05, 4.69) is 35.5 Å². The van der Waals surface area contributed by atoms with Gasteiger partial charge >= 0.3 is 11.9 Å². The fourth-order valence-corrected chi connectivity index (χ4v) is 3.15. The topological polar surface area (TPSA) is 106 Å². The Labute approximate surface area is 182 Å². The van der Waals surface area contributed by atoms with E-state index < -0.39 is 18.6 Å². The maximum Gasteiger partial charge on any atom is 0.414 e. The van der Waals surface area contributed by atoms with E-state index in [1.54, 1.807) is 25.1 Å². The van der Waals surface area contributed by atoms with Crippen molar-refractivity contribution in [2.75, 3.05) is 26.6 Å². The highest BCUT2D eigenvalue weighted by molar-refractivity contribution is 7.98. The van der Waals surface area contributed by atoms with E-state index in [9.17, 15) is 4.39 Å². The van der Waals surface area contributed by atoms with E-state index >= 15 is 0 Å². The van der Waals surface area contributed by atoms with Gasteiger partial charge in [0.25, 0.3) is 0 Å². The van der Waals surface area contributed by atoms with Crippen molar-refractivity contribution in [3.63, 3.8) is 0 Å². The van der Waals surface area contributed by atoms with Gasteiger partial charge in [-0.1, -0.05) is 12.1 Å². The maximum absolute atomic E-state index is 12.5. The van der Waals surface area contributed by atoms with Crippen LogP contribution in [-0.2, 0) is 16.0 Å². The number of alkyl halides is 1. The second kappa shape index (κ2) is 11.8. The van der Waals surface area contributed by atoms with Crippen LogP contribution in [0.25, 0.3) is 10.8 Å². The summed E-state index contributed by atoms with van der Waals surface area (Å²) in [7, 11) is 1.58. The van der Waals surface area contributed by atoms with E-state index in [0.717, 1.165) is 22.9 Å². The Morgan fingerprint density at radius 3 is 2.29 bits per heavy atom. The average Bonchev–Trinajstić information content (AvgIpc) is 2.78. The van der Waals surface area contributed by atoms with E-state index in [-0.39, 0.29) is 6.61 Å². The number of nitrogens with zero attached hydrogens (tertiary/aromatic N) is 1. The number of carboxylic acids is 2. The fourth-order valence-electron chi connectivity index (χ4n) is 2.74. The van der Waals surface area contributed by atoms with Gasteiger partial charge in [-0.05, 0) is 47.5 Å². The standard InChI is InChI=1S/C20H20FNO2S.C2H2O4/c1-23-19-12-15-7-9-22-18(17(15)13-20(19)24-10-8-21)11-14-3-5-16(25-2)6-4-14;3-1(4)2(5)6/h3-7,9,12-13H,8,10-11H2,1-2H3;(H,3,4)(H,5,6). The average molecular weight is 447 g/mol. The molecule has 0 spiro atoms. The molecule has 0 atom stereocenters. The number of benzene rings is 2. The molecular formula is C22H22FNO6S. The number of rotatable bonds is 7. The molecule has 3 aromatic rings. The number of fused-ring (bicyclic) bond motifs is 1. The van der Waals surface area contributed by atoms with Crippen molar-refractivity contribution in [3.8, 4) is 11.5 Å². The molecular weight excluding hydrogens is 425 g/mol. The smallest absolute Gasteiger partial charge is 0.414 e. The van der Waals surface area contributed by atoms with Crippen molar-refractivity contribution >= 4 is 34.5 Å². The zero-order valence-electron chi connectivity index (χ0n) is 17.0. The molecule has 3 rings (SSSR count). The Morgan fingerprint density at radius 1 is 1.06 bits per heavy atom. The molecule has 2 aromatic carbocycles. The second-order valence-electron chi connectivity index (χ2n) is 6.15. The molecule has 7 nitrogen and oxygen atoms in total. The first-order chi connectivity index (χ1) is 14.9. The molecule has 1 heterocycles. The summed E-state index contributed by atoms with van der Waals surface area (Å²) in [4.78, 5) is 24.0. The van der Waals surface area contributed by atoms with Gasteiger partial charge in [-0.15, -0.1) is 11.8 Å². The Bertz CT molecular complexity index is 1030. The van der Waals surface area contributed by atoms with Gasteiger partial charge in [0.15, 0.2) is 11.5 Å². The highest BCUT2D eigenvalue weighted by Crippen LogP contribution is 2.34. The molecule has 0 unspecified atom stereocenters. The summed E-state index contributed by atoms with van der Waals surface area (Å²) in [5.74, 6) is -2.51. The van der Waals surface area contributed by atoms with Gasteiger partial charge in [0.2, 0.25) is 0 Å². The summed E-state index contributed by atoms with van der Waals surface area (Å²) in [5, 5.41) is 16.8. The predicted molar refractivity (Wildman–Crippen MR) is 116 cm³/mol. The molecule has 0 aliphatic heterocycles. The van der Waals surface area contributed by atoms with Crippen molar-refractivity contribution < 1.29 is 33.7 Å². The Kier molecular flexibility index (Phi) is 9.08. The number of hydrogen-bond donors (Lipinski definition) is 2. The number of thioether (sulfide) groups is 1. The van der Waals surface area contributed by atoms with Crippen molar-refractivity contribution in [2.45, 2.75) is 11.3 Å². The van der Waals surface area contributed by atoms with Crippen LogP contribution in [0.2, 0.25) is 0 Å². The summed E-state index contributed by atoms with van der Waals surface area (Å²) in [6.45, 7) is -0.531. The number of pyridine rings is 1. The minimum atomic E-state index is -1.82. The lowest BCUT2D eigenvalue weighted by Crippen LogP contribution is -2.09. The number of methoxy groups -OCH3 is 1. The molecule has 0 fully saturated rings. The number of hydrogen-bond acceptors (Lipinski definition) is 6. The summed E-state index contributed by atoms with van der Waals surface area (Å²) >= 11 is 1.72. The molecule has 164 valence electrons. The fraction of sp³-hybridized carbons (Fsp3) is 0.227. The van der Waals surface area contributed by atoms with Crippen LogP contribution >= 0.6 is 11.8 Å². The van der Waals surface area contributed by atoms with Gasteiger partial charge in [-0.3, -0.25) is 4.98 Å². The Hall–Kier alpha value is -3.33. The second-order valence-corrected chi connectivity index (χ2v) is 7.03. The summed E-state index contributed by atoms with van der Waals surface area (Å²) in [6.07, 6.45) is 4.59. The minimum Gasteiger partial charge on any atom is -0.493 e. The van der Waals surface area contributed by atoms with E-state index in [4.69, 9.17) is 29.3 Å². The number of aliphatic carboxylic acids is 2. The number of halogens is 1. The maximum atomic E-state index is 12.5. The van der Waals surface area contributed by atoms with Crippen LogP contribution in [0.15, 0.2) is 53.6 Å². The van der Waals surface area contributed by atoms with E-state index in [1.807, 2.05) is 18.2 Å². The first-order valence-electron chi connectivity index (χ1n) is 9.13. The van der Waals surface area contributed by atoms with Gasteiger partial charge in [-0.2, -0.15) is 0 Å². The van der Waals surface area contributed by atoms with Gasteiger partial charge in [0.1, 0.15) is 13.3 Å². The Balaban J connectivity index is 0.000000501. The third-order valence-electron chi connectivity index (χ3n) is 4.18. The molecule has 0 amide bonds. The number of aromatic nitrogens is 1. The van der Waals surface area contributed by atoms with Crippen LogP contribution in [0.4, 0.5) is 4.39 Å². The largest absolute Gasteiger partial charge is 0.493 e. The molecule has 2 N–H and O–H groups in total. The monoisotopic (exact) mass is 447 g/mol. The van der Waals surface area contributed by atoms with Crippen molar-refractivity contribution in [3.05, 3.63) is 59.9 Å². The van der Waals surface area contributed by atoms with Gasteiger partial charge in [0, 0.05) is 22.9 Å². The molecule has 0 saturated heterocycles. The lowest BCUT2D eigenvalue weighted by atomic mass is 10.0. The summed E-state index contributed by atoms with van der Waals surface area (Å²) in [6, 6.07) is 14.2. The SMILES string of the molecule is COc1cc2ccnc(Cc3ccc(SC)cc3)c2cc1OCCF.O=C(O)C(=O)O. The molecule has 31 heavy (non-hydrogen) atoms. The molecule has 1 aromatic heterocycles. The molecule has 0 radical (unpaired) electrons. The molecule has 0 aliphatic rings. The molecule has 0 saturated carbocycles. The normalized spacial score (nSPS) is 10.2. The first kappa shape index (κ1) is 23.9. The van der Waals surface area contributed by atoms with E-state index in [1.165, 1.54) is 10.5 Å². The van der Waals surface area contributed by atoms with Crippen LogP contribution in [0.3, 0.4) is 0 Å². The summed E-state index contributed by atoms with van der Waals surface area (Å²) in [5.41, 5.74) is 2.15. The van der Waals surface area contributed by atoms with Crippen LogP contribution in [0.5, 0.6) is 11.5 Å². The molecule has 0 aliphatic carbocycles. The zero-order chi connectivity index (χ0) is 22.8. The van der Waals surface area contributed by atoms with Crippen molar-refractivity contribution in [2.24, 2.45) is 0 Å². The van der Waals surface area contributed by atoms with Crippen LogP contribution < -0.4 is 9.47 Å². The number of carbonyl (C=O) groups is 2. The lowest BCUT2D eigenvalue weighted by molar-refractivity contribution is -0.159. The van der Waals surface area contributed by atoms with Gasteiger partial charge in [0.05, 0.1) is 12.8 Å². The van der Waals surface area contributed by atoms with E-state index in [0.29, 0.717) is 11.5 Å². The molecule has 0 bridgehead atoms. The quantitative estimate of drug-likeness (QED) is 0.413. The number of ether oxygens (including phenoxy) is 2. The van der Waals surface area contributed by atoms with Crippen molar-refractivity contribution in [1.29, 1.82) is 0 Å². The molecule has 9 heteroatoms. The highest BCUT2D eigenvalue weighted by Gasteiger charge is 2.11. The third kappa shape index (κ3) is 6.85. The number of carboxylic acid groups (broad SMARTS) is 2. The Morgan fingerprint density at radius 2 is 1.74 bits per heavy atom. The van der Waals surface area contributed by atoms with Crippen LogP contribution in [0, 0.1) is 0 Å². The lowest BCUT2D eigenvalue weighted by Gasteiger charge is -2.13. The highest BCUT2D eigenvalue weighted by atomic mass is 32.2. The van der Waals surface area contributed by atoms with Crippen molar-refractivity contribution in [1.82, 2.24) is 4.98 Å².